The summed E-state index contributed by atoms with van der Waals surface area (Å²) in [5.41, 5.74) is 18.9. The fourth-order valence-electron chi connectivity index (χ4n) is 11.4. The smallest absolute Gasteiger partial charge is 0.181 e. The molecular weight excluding hydrogens is 691 g/mol. The predicted molar refractivity (Wildman–Crippen MR) is 237 cm³/mol. The van der Waals surface area contributed by atoms with Gasteiger partial charge in [-0.3, -0.25) is 4.68 Å². The Morgan fingerprint density at radius 2 is 1.63 bits per heavy atom. The zero-order valence-electron chi connectivity index (χ0n) is 32.5. The van der Waals surface area contributed by atoms with Gasteiger partial charge in [-0.25, -0.2) is 0 Å². The van der Waals surface area contributed by atoms with E-state index < -0.39 is 0 Å². The molecule has 3 heteroatoms. The number of nitrogens with zero attached hydrogens (tertiary/aromatic N) is 3. The molecule has 0 radical (unpaired) electrons. The molecule has 0 N–H and O–H groups in total. The van der Waals surface area contributed by atoms with Crippen LogP contribution in [0, 0.1) is 17.3 Å². The Balaban J connectivity index is 1.13. The van der Waals surface area contributed by atoms with Crippen LogP contribution in [0.1, 0.15) is 66.5 Å². The van der Waals surface area contributed by atoms with E-state index in [9.17, 15) is 0 Å². The normalized spacial score (nSPS) is 26.5. The molecule has 6 atom stereocenters. The lowest BCUT2D eigenvalue weighted by Gasteiger charge is -2.41. The van der Waals surface area contributed by atoms with E-state index in [-0.39, 0.29) is 35.1 Å². The van der Waals surface area contributed by atoms with Gasteiger partial charge in [-0.05, 0) is 64.4 Å². The highest BCUT2D eigenvalue weighted by molar-refractivity contribution is 6.18. The van der Waals surface area contributed by atoms with Crippen LogP contribution in [0.2, 0.25) is 0 Å². The minimum absolute atomic E-state index is 0.127. The van der Waals surface area contributed by atoms with Crippen LogP contribution >= 0.6 is 0 Å². The minimum Gasteiger partial charge on any atom is -0.432 e. The van der Waals surface area contributed by atoms with Crippen LogP contribution in [0.25, 0.3) is 49.1 Å². The predicted octanol–water partition coefficient (Wildman–Crippen LogP) is 13.0. The second-order valence-electron chi connectivity index (χ2n) is 17.1. The van der Waals surface area contributed by atoms with Crippen molar-refractivity contribution >= 4 is 43.7 Å². The van der Waals surface area contributed by atoms with Crippen LogP contribution in [0.15, 0.2) is 176 Å². The summed E-state index contributed by atoms with van der Waals surface area (Å²) in [7, 11) is 0. The standard InChI is InChI=1S/C54H45N3/c1-34-51(37-18-7-4-8-19-37)55-56(33-35-16-5-3-6-17-35)52(34)42-28-30-46(41-24-12-11-23-40(41)42)57-47-29-27-36-21-15-25-43-44-26-13-14-31-54(44,2)45-32-38-20-9-10-22-39(38)53(57)49(45)50(47)48(36)43/h3-7,9-18,20-32,34,38-39,44,51H,8,19,33H2,1-2H3/t34-,38?,39?,44?,51?,54?/m0/s1. The molecule has 0 spiro atoms. The first-order chi connectivity index (χ1) is 28.1. The molecule has 0 amide bonds. The maximum atomic E-state index is 5.52. The van der Waals surface area contributed by atoms with E-state index in [1.807, 2.05) is 0 Å². The maximum Gasteiger partial charge on any atom is 0.181 e. The fraction of sp³-hybridized carbons (Fsp3) is 0.204. The van der Waals surface area contributed by atoms with Crippen LogP contribution in [-0.4, -0.2) is 21.0 Å². The first kappa shape index (κ1) is 33.0. The van der Waals surface area contributed by atoms with Gasteiger partial charge in [-0.2, -0.15) is 0 Å². The fourth-order valence-corrected chi connectivity index (χ4v) is 11.4. The Kier molecular flexibility index (Phi) is 7.18. The number of benzene rings is 5. The van der Waals surface area contributed by atoms with Crippen molar-refractivity contribution in [2.45, 2.75) is 51.1 Å². The Bertz CT molecular complexity index is 2960. The Hall–Kier alpha value is -6.19. The molecule has 5 aromatic carbocycles. The molecule has 5 unspecified atom stereocenters. The Morgan fingerprint density at radius 3 is 2.51 bits per heavy atom. The summed E-state index contributed by atoms with van der Waals surface area (Å²) in [6, 6.07) is 36.7. The lowest BCUT2D eigenvalue weighted by atomic mass is 9.62. The molecule has 276 valence electrons. The van der Waals surface area contributed by atoms with E-state index in [1.165, 1.54) is 82.9 Å². The number of allylic oxidation sites excluding steroid dienone is 13. The van der Waals surface area contributed by atoms with Crippen molar-refractivity contribution in [2.75, 3.05) is 0 Å². The van der Waals surface area contributed by atoms with E-state index in [0.29, 0.717) is 0 Å². The molecule has 5 aliphatic carbocycles. The van der Waals surface area contributed by atoms with Gasteiger partial charge in [0.25, 0.3) is 0 Å². The number of aromatic nitrogens is 1. The molecular formula is C54H45N3. The van der Waals surface area contributed by atoms with Crippen LogP contribution in [0.4, 0.5) is 0 Å². The van der Waals surface area contributed by atoms with Crippen LogP contribution in [0.5, 0.6) is 0 Å². The Labute approximate surface area is 334 Å². The lowest BCUT2D eigenvalue weighted by molar-refractivity contribution is -0.490. The SMILES string of the molecule is C[C@@H]1C(c2ccc(-n3c4c5c6c7c(cccc7ccc63)C3C=CC=CC3(C)C5=CC3C=CC=CC43)c3ccccc23)=[N+](Cc2ccccc2)[N-]C1C1=CC=CCC1. The van der Waals surface area contributed by atoms with Gasteiger partial charge < -0.3 is 9.99 Å². The molecule has 0 bridgehead atoms. The third-order valence-corrected chi connectivity index (χ3v) is 14.0. The van der Waals surface area contributed by atoms with E-state index in [1.54, 1.807) is 0 Å². The molecule has 1 aliphatic heterocycles. The minimum atomic E-state index is -0.178. The number of hydrogen-bond donors (Lipinski definition) is 0. The van der Waals surface area contributed by atoms with Gasteiger partial charge in [0.15, 0.2) is 12.3 Å². The second-order valence-corrected chi connectivity index (χ2v) is 17.1. The van der Waals surface area contributed by atoms with Gasteiger partial charge in [-0.15, -0.1) is 0 Å². The van der Waals surface area contributed by atoms with Gasteiger partial charge in [0.1, 0.15) is 0 Å². The molecule has 6 aliphatic rings. The molecule has 1 aromatic heterocycles. The highest BCUT2D eigenvalue weighted by Crippen LogP contribution is 2.61. The number of hydrogen-bond acceptors (Lipinski definition) is 0. The quantitative estimate of drug-likeness (QED) is 0.157. The topological polar surface area (TPSA) is 22.0 Å². The molecule has 57 heavy (non-hydrogen) atoms. The molecule has 0 saturated carbocycles. The summed E-state index contributed by atoms with van der Waals surface area (Å²) >= 11 is 0. The van der Waals surface area contributed by atoms with Crippen molar-refractivity contribution in [2.24, 2.45) is 17.3 Å². The van der Waals surface area contributed by atoms with Crippen molar-refractivity contribution < 1.29 is 4.68 Å². The summed E-state index contributed by atoms with van der Waals surface area (Å²) in [4.78, 5) is 0. The van der Waals surface area contributed by atoms with Crippen LogP contribution in [0.3, 0.4) is 0 Å². The largest absolute Gasteiger partial charge is 0.432 e. The molecule has 3 nitrogen and oxygen atoms in total. The van der Waals surface area contributed by atoms with Gasteiger partial charge in [0, 0.05) is 62.2 Å². The summed E-state index contributed by atoms with van der Waals surface area (Å²) in [5.74, 6) is 1.01. The van der Waals surface area contributed by atoms with Gasteiger partial charge in [-0.1, -0.05) is 171 Å². The van der Waals surface area contributed by atoms with Crippen molar-refractivity contribution in [3.63, 3.8) is 0 Å². The molecule has 6 aromatic rings. The highest BCUT2D eigenvalue weighted by atomic mass is 15.5. The van der Waals surface area contributed by atoms with E-state index >= 15 is 0 Å². The first-order valence-corrected chi connectivity index (χ1v) is 20.9. The van der Waals surface area contributed by atoms with E-state index in [0.717, 1.165) is 19.4 Å². The average Bonchev–Trinajstić information content (AvgIpc) is 3.75. The third-order valence-electron chi connectivity index (χ3n) is 14.0. The molecule has 2 heterocycles. The molecule has 0 fully saturated rings. The third kappa shape index (κ3) is 4.69. The van der Waals surface area contributed by atoms with Crippen molar-refractivity contribution in [1.29, 1.82) is 0 Å². The van der Waals surface area contributed by atoms with Crippen LogP contribution < -0.4 is 0 Å². The number of fused-ring (bicyclic) bond motifs is 6. The van der Waals surface area contributed by atoms with E-state index in [4.69, 9.17) is 5.43 Å². The van der Waals surface area contributed by atoms with Gasteiger partial charge in [0.2, 0.25) is 0 Å². The lowest BCUT2D eigenvalue weighted by Crippen LogP contribution is -2.29. The Morgan fingerprint density at radius 1 is 0.789 bits per heavy atom. The zero-order valence-corrected chi connectivity index (χ0v) is 32.5. The van der Waals surface area contributed by atoms with Crippen molar-refractivity contribution in [3.05, 3.63) is 209 Å². The van der Waals surface area contributed by atoms with Gasteiger partial charge >= 0.3 is 0 Å². The van der Waals surface area contributed by atoms with Crippen LogP contribution in [-0.2, 0) is 6.54 Å². The van der Waals surface area contributed by atoms with E-state index in [2.05, 4.69) is 193 Å². The molecule has 0 saturated heterocycles. The maximum absolute atomic E-state index is 5.52. The summed E-state index contributed by atoms with van der Waals surface area (Å²) in [6.07, 6.45) is 30.4. The number of rotatable bonds is 5. The summed E-state index contributed by atoms with van der Waals surface area (Å²) < 4.78 is 5.01. The summed E-state index contributed by atoms with van der Waals surface area (Å²) in [5, 5.41) is 6.68. The monoisotopic (exact) mass is 735 g/mol. The average molecular weight is 736 g/mol. The molecule has 12 rings (SSSR count). The second kappa shape index (κ2) is 12.4. The first-order valence-electron chi connectivity index (χ1n) is 20.9. The summed E-state index contributed by atoms with van der Waals surface area (Å²) in [6.45, 7) is 5.63. The van der Waals surface area contributed by atoms with Gasteiger partial charge in [0.05, 0.1) is 11.2 Å². The highest BCUT2D eigenvalue weighted by Gasteiger charge is 2.46. The zero-order chi connectivity index (χ0) is 37.8. The van der Waals surface area contributed by atoms with Crippen molar-refractivity contribution in [3.8, 4) is 5.69 Å². The van der Waals surface area contributed by atoms with Crippen molar-refractivity contribution in [1.82, 2.24) is 4.57 Å².